The normalized spacial score (nSPS) is 12.0. The van der Waals surface area contributed by atoms with E-state index in [9.17, 15) is 4.79 Å². The number of hydrogen-bond acceptors (Lipinski definition) is 3. The second kappa shape index (κ2) is 7.59. The van der Waals surface area contributed by atoms with Crippen LogP contribution in [0.15, 0.2) is 6.07 Å². The number of rotatable bonds is 8. The van der Waals surface area contributed by atoms with E-state index in [1.54, 1.807) is 4.68 Å². The third kappa shape index (κ3) is 5.16. The molecule has 21 heavy (non-hydrogen) atoms. The summed E-state index contributed by atoms with van der Waals surface area (Å²) in [5.41, 5.74) is 1.55. The molecule has 120 valence electrons. The zero-order valence-electron chi connectivity index (χ0n) is 13.9. The van der Waals surface area contributed by atoms with Crippen LogP contribution in [0.2, 0.25) is 0 Å². The van der Waals surface area contributed by atoms with Crippen LogP contribution in [0.1, 0.15) is 69.6 Å². The quantitative estimate of drug-likeness (QED) is 0.774. The lowest BCUT2D eigenvalue weighted by atomic mass is 9.88. The minimum Gasteiger partial charge on any atom is -0.396 e. The molecule has 0 spiro atoms. The molecule has 1 aromatic rings. The lowest BCUT2D eigenvalue weighted by molar-refractivity contribution is 0.0922. The monoisotopic (exact) mass is 295 g/mol. The van der Waals surface area contributed by atoms with Gasteiger partial charge >= 0.3 is 0 Å². The highest BCUT2D eigenvalue weighted by Crippen LogP contribution is 2.21. The lowest BCUT2D eigenvalue weighted by Gasteiger charge is -2.24. The van der Waals surface area contributed by atoms with Crippen molar-refractivity contribution in [1.82, 2.24) is 15.1 Å². The number of aryl methyl sites for hydroxylation is 1. The highest BCUT2D eigenvalue weighted by Gasteiger charge is 2.21. The largest absolute Gasteiger partial charge is 0.396 e. The minimum atomic E-state index is -0.0756. The molecule has 0 bridgehead atoms. The predicted molar refractivity (Wildman–Crippen MR) is 84.4 cm³/mol. The van der Waals surface area contributed by atoms with Crippen molar-refractivity contribution in [2.24, 2.45) is 5.41 Å². The zero-order valence-corrected chi connectivity index (χ0v) is 13.9. The van der Waals surface area contributed by atoms with Crippen LogP contribution in [0.3, 0.4) is 0 Å². The van der Waals surface area contributed by atoms with Gasteiger partial charge in [-0.2, -0.15) is 5.10 Å². The molecule has 0 saturated carbocycles. The zero-order chi connectivity index (χ0) is 16.0. The van der Waals surface area contributed by atoms with Crippen molar-refractivity contribution in [3.8, 4) is 0 Å². The predicted octanol–water partition coefficient (Wildman–Crippen LogP) is 2.55. The molecular weight excluding hydrogens is 266 g/mol. The molecule has 1 amide bonds. The van der Waals surface area contributed by atoms with Gasteiger partial charge in [0.25, 0.3) is 5.91 Å². The van der Waals surface area contributed by atoms with E-state index in [1.807, 2.05) is 13.0 Å². The standard InChI is InChI=1S/C16H29N3O2/c1-6-19-14(10-13(18-19)12(2)3)15(21)17-11-16(4,5)8-7-9-20/h10,12,20H,6-9,11H2,1-5H3,(H,17,21). The van der Waals surface area contributed by atoms with Crippen molar-refractivity contribution in [1.29, 1.82) is 0 Å². The first-order valence-electron chi connectivity index (χ1n) is 7.77. The van der Waals surface area contributed by atoms with E-state index in [2.05, 4.69) is 38.1 Å². The molecule has 1 heterocycles. The highest BCUT2D eigenvalue weighted by molar-refractivity contribution is 5.92. The summed E-state index contributed by atoms with van der Waals surface area (Å²) in [6, 6.07) is 1.88. The first kappa shape index (κ1) is 17.7. The Morgan fingerprint density at radius 2 is 2.14 bits per heavy atom. The van der Waals surface area contributed by atoms with Crippen LogP contribution in [-0.2, 0) is 6.54 Å². The van der Waals surface area contributed by atoms with Crippen molar-refractivity contribution in [2.45, 2.75) is 59.9 Å². The lowest BCUT2D eigenvalue weighted by Crippen LogP contribution is -2.35. The van der Waals surface area contributed by atoms with Gasteiger partial charge in [-0.25, -0.2) is 0 Å². The van der Waals surface area contributed by atoms with Crippen LogP contribution >= 0.6 is 0 Å². The number of aliphatic hydroxyl groups is 1. The maximum atomic E-state index is 12.4. The van der Waals surface area contributed by atoms with Gasteiger partial charge in [0.15, 0.2) is 0 Å². The maximum Gasteiger partial charge on any atom is 0.269 e. The van der Waals surface area contributed by atoms with E-state index < -0.39 is 0 Å². The summed E-state index contributed by atoms with van der Waals surface area (Å²) >= 11 is 0. The number of nitrogens with zero attached hydrogens (tertiary/aromatic N) is 2. The van der Waals surface area contributed by atoms with Gasteiger partial charge in [-0.3, -0.25) is 9.48 Å². The summed E-state index contributed by atoms with van der Waals surface area (Å²) < 4.78 is 1.76. The van der Waals surface area contributed by atoms with Gasteiger partial charge in [-0.1, -0.05) is 27.7 Å². The molecule has 0 unspecified atom stereocenters. The molecule has 0 radical (unpaired) electrons. The third-order valence-corrected chi connectivity index (χ3v) is 3.66. The average molecular weight is 295 g/mol. The Bertz CT molecular complexity index is 464. The van der Waals surface area contributed by atoms with Crippen molar-refractivity contribution >= 4 is 5.91 Å². The van der Waals surface area contributed by atoms with Crippen LogP contribution in [0.4, 0.5) is 0 Å². The molecule has 0 aliphatic heterocycles. The molecule has 0 atom stereocenters. The summed E-state index contributed by atoms with van der Waals surface area (Å²) in [6.45, 7) is 11.8. The Balaban J connectivity index is 2.71. The van der Waals surface area contributed by atoms with Gasteiger partial charge in [-0.05, 0) is 37.2 Å². The van der Waals surface area contributed by atoms with E-state index >= 15 is 0 Å². The number of aliphatic hydroxyl groups excluding tert-OH is 1. The second-order valence-corrected chi connectivity index (χ2v) is 6.60. The topological polar surface area (TPSA) is 67.2 Å². The minimum absolute atomic E-state index is 0.0175. The Morgan fingerprint density at radius 3 is 2.67 bits per heavy atom. The number of nitrogens with one attached hydrogen (secondary N) is 1. The van der Waals surface area contributed by atoms with Gasteiger partial charge in [0, 0.05) is 19.7 Å². The number of carbonyl (C=O) groups is 1. The first-order chi connectivity index (χ1) is 9.80. The number of amides is 1. The van der Waals surface area contributed by atoms with Gasteiger partial charge in [-0.15, -0.1) is 0 Å². The fourth-order valence-electron chi connectivity index (χ4n) is 2.20. The molecule has 1 aromatic heterocycles. The van der Waals surface area contributed by atoms with E-state index in [0.29, 0.717) is 24.7 Å². The highest BCUT2D eigenvalue weighted by atomic mass is 16.2. The molecule has 2 N–H and O–H groups in total. The van der Waals surface area contributed by atoms with Crippen molar-refractivity contribution < 1.29 is 9.90 Å². The second-order valence-electron chi connectivity index (χ2n) is 6.60. The van der Waals surface area contributed by atoms with E-state index in [1.165, 1.54) is 0 Å². The number of carbonyl (C=O) groups excluding carboxylic acids is 1. The van der Waals surface area contributed by atoms with E-state index in [4.69, 9.17) is 5.11 Å². The summed E-state index contributed by atoms with van der Waals surface area (Å²) in [4.78, 5) is 12.4. The van der Waals surface area contributed by atoms with Gasteiger partial charge in [0.2, 0.25) is 0 Å². The molecule has 5 heteroatoms. The Hall–Kier alpha value is -1.36. The molecule has 0 fully saturated rings. The van der Waals surface area contributed by atoms with Crippen molar-refractivity contribution in [2.75, 3.05) is 13.2 Å². The van der Waals surface area contributed by atoms with Crippen LogP contribution in [0.25, 0.3) is 0 Å². The van der Waals surface area contributed by atoms with E-state index in [0.717, 1.165) is 18.5 Å². The molecule has 0 aliphatic carbocycles. The summed E-state index contributed by atoms with van der Waals surface area (Å²) in [7, 11) is 0. The first-order valence-corrected chi connectivity index (χ1v) is 7.77. The molecule has 1 rings (SSSR count). The molecule has 5 nitrogen and oxygen atoms in total. The third-order valence-electron chi connectivity index (χ3n) is 3.66. The van der Waals surface area contributed by atoms with Crippen molar-refractivity contribution in [3.63, 3.8) is 0 Å². The Kier molecular flexibility index (Phi) is 6.40. The smallest absolute Gasteiger partial charge is 0.269 e. The summed E-state index contributed by atoms with van der Waals surface area (Å²) in [6.07, 6.45) is 1.64. The summed E-state index contributed by atoms with van der Waals surface area (Å²) in [5.74, 6) is 0.235. The Labute approximate surface area is 127 Å². The maximum absolute atomic E-state index is 12.4. The average Bonchev–Trinajstić information content (AvgIpc) is 2.87. The van der Waals surface area contributed by atoms with Gasteiger partial charge in [0.1, 0.15) is 5.69 Å². The van der Waals surface area contributed by atoms with Gasteiger partial charge in [0.05, 0.1) is 5.69 Å². The van der Waals surface area contributed by atoms with Crippen LogP contribution < -0.4 is 5.32 Å². The summed E-state index contributed by atoms with van der Waals surface area (Å²) in [5, 5.41) is 16.4. The van der Waals surface area contributed by atoms with Crippen molar-refractivity contribution in [3.05, 3.63) is 17.5 Å². The van der Waals surface area contributed by atoms with Crippen LogP contribution in [0.5, 0.6) is 0 Å². The molecule has 0 aliphatic rings. The Morgan fingerprint density at radius 1 is 1.48 bits per heavy atom. The van der Waals surface area contributed by atoms with Crippen LogP contribution in [0, 0.1) is 5.41 Å². The molecule has 0 aromatic carbocycles. The van der Waals surface area contributed by atoms with Crippen LogP contribution in [-0.4, -0.2) is 33.9 Å². The number of aromatic nitrogens is 2. The fraction of sp³-hybridized carbons (Fsp3) is 0.750. The number of hydrogen-bond donors (Lipinski definition) is 2. The van der Waals surface area contributed by atoms with E-state index in [-0.39, 0.29) is 17.9 Å². The van der Waals surface area contributed by atoms with Gasteiger partial charge < -0.3 is 10.4 Å². The SMILES string of the molecule is CCn1nc(C(C)C)cc1C(=O)NCC(C)(C)CCCO. The molecular formula is C16H29N3O2. The molecule has 0 saturated heterocycles. The fourth-order valence-corrected chi connectivity index (χ4v) is 2.20.